The topological polar surface area (TPSA) is 68.2 Å². The first kappa shape index (κ1) is 16.5. The minimum atomic E-state index is -0.541. The van der Waals surface area contributed by atoms with E-state index in [1.165, 1.54) is 7.11 Å². The first-order chi connectivity index (χ1) is 10.3. The normalized spacial score (nSPS) is 24.4. The minimum Gasteiger partial charge on any atom is -0.469 e. The summed E-state index contributed by atoms with van der Waals surface area (Å²) in [6.07, 6.45) is 5.64. The van der Waals surface area contributed by atoms with E-state index in [1.54, 1.807) is 4.90 Å². The van der Waals surface area contributed by atoms with Gasteiger partial charge in [0.25, 0.3) is 0 Å². The van der Waals surface area contributed by atoms with Gasteiger partial charge in [0.2, 0.25) is 0 Å². The molecule has 1 fully saturated rings. The number of methoxy groups -OCH3 is 1. The second-order valence-electron chi connectivity index (χ2n) is 6.60. The van der Waals surface area contributed by atoms with Crippen molar-refractivity contribution in [1.29, 1.82) is 0 Å². The molecule has 0 N–H and O–H groups in total. The van der Waals surface area contributed by atoms with E-state index in [0.29, 0.717) is 12.4 Å². The number of amidine groups is 1. The van der Waals surface area contributed by atoms with Gasteiger partial charge >= 0.3 is 12.1 Å². The summed E-state index contributed by atoms with van der Waals surface area (Å²) in [5.74, 6) is 0.518. The summed E-state index contributed by atoms with van der Waals surface area (Å²) in [5, 5.41) is 0. The lowest BCUT2D eigenvalue weighted by Gasteiger charge is -2.36. The predicted octanol–water partition coefficient (Wildman–Crippen LogP) is 2.53. The van der Waals surface area contributed by atoms with Crippen LogP contribution in [-0.2, 0) is 14.3 Å². The molecule has 0 aliphatic carbocycles. The molecule has 0 saturated carbocycles. The highest BCUT2D eigenvalue weighted by Crippen LogP contribution is 2.27. The van der Waals surface area contributed by atoms with E-state index in [2.05, 4.69) is 9.73 Å². The molecule has 2 aliphatic rings. The summed E-state index contributed by atoms with van der Waals surface area (Å²) in [6.45, 7) is 6.13. The second-order valence-corrected chi connectivity index (χ2v) is 6.60. The van der Waals surface area contributed by atoms with Crippen LogP contribution < -0.4 is 0 Å². The number of hydrogen-bond acceptors (Lipinski definition) is 5. The molecule has 122 valence electrons. The summed E-state index contributed by atoms with van der Waals surface area (Å²) in [6, 6.07) is -0.276. The number of aliphatic imine (C=N–C) groups is 1. The molecular formula is C16H24N2O4. The molecule has 2 atom stereocenters. The summed E-state index contributed by atoms with van der Waals surface area (Å²) in [7, 11) is 1.36. The third-order valence-electron chi connectivity index (χ3n) is 3.59. The highest BCUT2D eigenvalue weighted by molar-refractivity contribution is 5.99. The molecule has 2 heterocycles. The number of carbonyl (C=O) groups excluding carboxylic acids is 2. The number of piperidine rings is 1. The zero-order valence-electron chi connectivity index (χ0n) is 13.7. The second kappa shape index (κ2) is 6.50. The van der Waals surface area contributed by atoms with Crippen molar-refractivity contribution < 1.29 is 19.1 Å². The smallest absolute Gasteiger partial charge is 0.415 e. The van der Waals surface area contributed by atoms with E-state index in [0.717, 1.165) is 12.8 Å². The Morgan fingerprint density at radius 1 is 1.36 bits per heavy atom. The van der Waals surface area contributed by atoms with Gasteiger partial charge in [-0.25, -0.2) is 4.79 Å². The molecule has 22 heavy (non-hydrogen) atoms. The third kappa shape index (κ3) is 4.08. The van der Waals surface area contributed by atoms with Crippen LogP contribution in [0.1, 0.15) is 40.0 Å². The van der Waals surface area contributed by atoms with Crippen molar-refractivity contribution in [2.75, 3.05) is 13.7 Å². The fourth-order valence-electron chi connectivity index (χ4n) is 2.61. The summed E-state index contributed by atoms with van der Waals surface area (Å²) < 4.78 is 10.1. The Kier molecular flexibility index (Phi) is 4.88. The van der Waals surface area contributed by atoms with E-state index < -0.39 is 5.60 Å². The Labute approximate surface area is 131 Å². The number of dihydropyridines is 1. The summed E-state index contributed by atoms with van der Waals surface area (Å²) in [5.41, 5.74) is -0.541. The third-order valence-corrected chi connectivity index (χ3v) is 3.59. The van der Waals surface area contributed by atoms with Gasteiger partial charge in [0.15, 0.2) is 0 Å². The van der Waals surface area contributed by atoms with Crippen molar-refractivity contribution >= 4 is 17.9 Å². The van der Waals surface area contributed by atoms with Crippen molar-refractivity contribution in [2.24, 2.45) is 10.9 Å². The maximum atomic E-state index is 12.4. The van der Waals surface area contributed by atoms with Crippen LogP contribution in [0.5, 0.6) is 0 Å². The number of rotatable bonds is 2. The molecule has 2 aliphatic heterocycles. The number of fused-ring (bicyclic) bond motifs is 1. The Morgan fingerprint density at radius 3 is 2.73 bits per heavy atom. The average Bonchev–Trinajstić information content (AvgIpc) is 2.44. The van der Waals surface area contributed by atoms with E-state index in [4.69, 9.17) is 4.74 Å². The maximum absolute atomic E-state index is 12.4. The van der Waals surface area contributed by atoms with Crippen molar-refractivity contribution in [3.63, 3.8) is 0 Å². The number of esters is 1. The lowest BCUT2D eigenvalue weighted by molar-refractivity contribution is -0.140. The molecule has 6 heteroatoms. The summed E-state index contributed by atoms with van der Waals surface area (Å²) >= 11 is 0. The molecule has 1 saturated heterocycles. The largest absolute Gasteiger partial charge is 0.469 e. The van der Waals surface area contributed by atoms with Gasteiger partial charge < -0.3 is 9.47 Å². The van der Waals surface area contributed by atoms with Gasteiger partial charge in [0.1, 0.15) is 11.4 Å². The number of carbonyl (C=O) groups is 2. The molecule has 6 nitrogen and oxygen atoms in total. The molecule has 0 radical (unpaired) electrons. The fourth-order valence-corrected chi connectivity index (χ4v) is 2.61. The van der Waals surface area contributed by atoms with Crippen LogP contribution in [0.15, 0.2) is 17.1 Å². The number of amides is 1. The van der Waals surface area contributed by atoms with Crippen LogP contribution in [0.4, 0.5) is 4.79 Å². The van der Waals surface area contributed by atoms with Crippen LogP contribution in [0.25, 0.3) is 0 Å². The van der Waals surface area contributed by atoms with Gasteiger partial charge in [0.05, 0.1) is 19.6 Å². The zero-order valence-corrected chi connectivity index (χ0v) is 13.7. The lowest BCUT2D eigenvalue weighted by Crippen LogP contribution is -2.48. The molecule has 0 spiro atoms. The Bertz CT molecular complexity index is 505. The quantitative estimate of drug-likeness (QED) is 0.580. The minimum absolute atomic E-state index is 0.121. The van der Waals surface area contributed by atoms with E-state index in [9.17, 15) is 9.59 Å². The lowest BCUT2D eigenvalue weighted by atomic mass is 9.92. The number of nitrogens with zero attached hydrogens (tertiary/aromatic N) is 2. The molecule has 0 bridgehead atoms. The SMILES string of the molecule is COC(=O)CC1C=CC2CCCN(C(=O)OC(C)(C)C)C2=N1. The first-order valence-electron chi connectivity index (χ1n) is 7.63. The molecule has 1 amide bonds. The van der Waals surface area contributed by atoms with Crippen molar-refractivity contribution in [2.45, 2.75) is 51.7 Å². The Hall–Kier alpha value is -1.85. The van der Waals surface area contributed by atoms with Crippen LogP contribution in [0, 0.1) is 5.92 Å². The maximum Gasteiger partial charge on any atom is 0.415 e. The van der Waals surface area contributed by atoms with Gasteiger partial charge in [-0.1, -0.05) is 12.2 Å². The summed E-state index contributed by atoms with van der Waals surface area (Å²) in [4.78, 5) is 30.0. The van der Waals surface area contributed by atoms with Crippen LogP contribution >= 0.6 is 0 Å². The van der Waals surface area contributed by atoms with Crippen molar-refractivity contribution in [3.05, 3.63) is 12.2 Å². The van der Waals surface area contributed by atoms with Gasteiger partial charge in [0, 0.05) is 12.5 Å². The van der Waals surface area contributed by atoms with E-state index in [-0.39, 0.29) is 30.4 Å². The molecule has 0 aromatic rings. The molecule has 2 unspecified atom stereocenters. The average molecular weight is 308 g/mol. The molecule has 0 aromatic carbocycles. The highest BCUT2D eigenvalue weighted by atomic mass is 16.6. The Morgan fingerprint density at radius 2 is 2.09 bits per heavy atom. The Balaban J connectivity index is 2.14. The molecule has 0 aromatic heterocycles. The van der Waals surface area contributed by atoms with E-state index >= 15 is 0 Å². The molecule has 2 rings (SSSR count). The number of hydrogen-bond donors (Lipinski definition) is 0. The van der Waals surface area contributed by atoms with Gasteiger partial charge in [-0.3, -0.25) is 14.7 Å². The van der Waals surface area contributed by atoms with Crippen LogP contribution in [-0.4, -0.2) is 48.1 Å². The standard InChI is InChI=1S/C16H24N2O4/c1-16(2,3)22-15(20)18-9-5-6-11-7-8-12(17-14(11)18)10-13(19)21-4/h7-8,11-12H,5-6,9-10H2,1-4H3. The monoisotopic (exact) mass is 308 g/mol. The van der Waals surface area contributed by atoms with Gasteiger partial charge in [-0.15, -0.1) is 0 Å². The fraction of sp³-hybridized carbons (Fsp3) is 0.688. The first-order valence-corrected chi connectivity index (χ1v) is 7.63. The predicted molar refractivity (Wildman–Crippen MR) is 82.7 cm³/mol. The van der Waals surface area contributed by atoms with Gasteiger partial charge in [-0.2, -0.15) is 0 Å². The zero-order chi connectivity index (χ0) is 16.3. The van der Waals surface area contributed by atoms with Crippen LogP contribution in [0.3, 0.4) is 0 Å². The van der Waals surface area contributed by atoms with Crippen LogP contribution in [0.2, 0.25) is 0 Å². The number of ether oxygens (including phenoxy) is 2. The molecular weight excluding hydrogens is 284 g/mol. The highest BCUT2D eigenvalue weighted by Gasteiger charge is 2.34. The van der Waals surface area contributed by atoms with Gasteiger partial charge in [-0.05, 0) is 33.6 Å². The van der Waals surface area contributed by atoms with Crippen molar-refractivity contribution in [3.8, 4) is 0 Å². The van der Waals surface area contributed by atoms with Crippen molar-refractivity contribution in [1.82, 2.24) is 4.90 Å². The van der Waals surface area contributed by atoms with E-state index in [1.807, 2.05) is 32.9 Å². The number of likely N-dealkylation sites (tertiary alicyclic amines) is 1.